The number of nitrogens with zero attached hydrogens (tertiary/aromatic N) is 3. The molecule has 0 aliphatic carbocycles. The van der Waals surface area contributed by atoms with Gasteiger partial charge < -0.3 is 5.11 Å². The van der Waals surface area contributed by atoms with Crippen LogP contribution in [-0.2, 0) is 12.0 Å². The van der Waals surface area contributed by atoms with Gasteiger partial charge in [-0.25, -0.2) is 4.68 Å². The van der Waals surface area contributed by atoms with Gasteiger partial charge in [0.15, 0.2) is 0 Å². The molecule has 0 saturated heterocycles. The average molecular weight is 380 g/mol. The summed E-state index contributed by atoms with van der Waals surface area (Å²) in [6, 6.07) is 19.1. The molecule has 0 aliphatic rings. The maximum Gasteiger partial charge on any atom is 0.113 e. The SMILES string of the molecule is C=CC(C[Si](C)(C)C)(C(O)CCc1ccccc1)n1nnc2ccccc21. The van der Waals surface area contributed by atoms with E-state index < -0.39 is 19.7 Å². The van der Waals surface area contributed by atoms with Crippen LogP contribution in [0.25, 0.3) is 11.0 Å². The van der Waals surface area contributed by atoms with Crippen molar-refractivity contribution in [1.82, 2.24) is 15.0 Å². The van der Waals surface area contributed by atoms with Crippen molar-refractivity contribution in [3.63, 3.8) is 0 Å². The standard InChI is InChI=1S/C22H29N3OSi/c1-5-22(17-27(2,3)4,21(26)16-15-18-11-7-6-8-12-18)25-20-14-10-9-13-19(20)23-24-25/h5-14,21,26H,1,15-17H2,2-4H3. The third kappa shape index (κ3) is 4.20. The number of hydrogen-bond donors (Lipinski definition) is 1. The Morgan fingerprint density at radius 2 is 1.78 bits per heavy atom. The maximum atomic E-state index is 11.4. The van der Waals surface area contributed by atoms with Crippen molar-refractivity contribution in [3.8, 4) is 0 Å². The van der Waals surface area contributed by atoms with E-state index in [4.69, 9.17) is 0 Å². The molecule has 5 heteroatoms. The molecular formula is C22H29N3OSi. The van der Waals surface area contributed by atoms with Crippen molar-refractivity contribution in [2.24, 2.45) is 0 Å². The lowest BCUT2D eigenvalue weighted by Gasteiger charge is -2.39. The Morgan fingerprint density at radius 1 is 1.11 bits per heavy atom. The number of aromatic nitrogens is 3. The minimum Gasteiger partial charge on any atom is -0.390 e. The van der Waals surface area contributed by atoms with Gasteiger partial charge in [-0.2, -0.15) is 0 Å². The molecule has 1 N–H and O–H groups in total. The molecule has 0 aliphatic heterocycles. The molecule has 2 aromatic carbocycles. The molecule has 3 rings (SSSR count). The van der Waals surface area contributed by atoms with Gasteiger partial charge >= 0.3 is 0 Å². The van der Waals surface area contributed by atoms with E-state index in [0.717, 1.165) is 23.5 Å². The number of rotatable bonds is 8. The minimum absolute atomic E-state index is 0.591. The van der Waals surface area contributed by atoms with E-state index in [0.29, 0.717) is 6.42 Å². The molecule has 0 radical (unpaired) electrons. The highest BCUT2D eigenvalue weighted by Gasteiger charge is 2.42. The fourth-order valence-electron chi connectivity index (χ4n) is 3.85. The largest absolute Gasteiger partial charge is 0.390 e. The molecule has 27 heavy (non-hydrogen) atoms. The molecule has 2 atom stereocenters. The van der Waals surface area contributed by atoms with E-state index in [2.05, 4.69) is 48.7 Å². The van der Waals surface area contributed by atoms with E-state index in [1.807, 2.05) is 53.2 Å². The average Bonchev–Trinajstić information content (AvgIpc) is 3.09. The zero-order chi connectivity index (χ0) is 19.5. The summed E-state index contributed by atoms with van der Waals surface area (Å²) in [6.45, 7) is 11.1. The zero-order valence-electron chi connectivity index (χ0n) is 16.5. The Balaban J connectivity index is 2.00. The topological polar surface area (TPSA) is 50.9 Å². The fourth-order valence-corrected chi connectivity index (χ4v) is 6.08. The van der Waals surface area contributed by atoms with Crippen LogP contribution in [0.15, 0.2) is 67.3 Å². The summed E-state index contributed by atoms with van der Waals surface area (Å²) < 4.78 is 1.91. The van der Waals surface area contributed by atoms with Crippen LogP contribution in [0.2, 0.25) is 25.7 Å². The van der Waals surface area contributed by atoms with Crippen molar-refractivity contribution in [3.05, 3.63) is 72.8 Å². The lowest BCUT2D eigenvalue weighted by atomic mass is 9.89. The van der Waals surface area contributed by atoms with Crippen LogP contribution in [0.1, 0.15) is 12.0 Å². The second kappa shape index (κ2) is 7.78. The van der Waals surface area contributed by atoms with Crippen molar-refractivity contribution in [2.75, 3.05) is 0 Å². The predicted octanol–water partition coefficient (Wildman–Crippen LogP) is 4.64. The quantitative estimate of drug-likeness (QED) is 0.458. The number of aliphatic hydroxyl groups excluding tert-OH is 1. The van der Waals surface area contributed by atoms with Gasteiger partial charge in [-0.05, 0) is 36.6 Å². The first-order valence-corrected chi connectivity index (χ1v) is 13.2. The number of benzene rings is 2. The molecule has 2 unspecified atom stereocenters. The first-order valence-electron chi connectivity index (χ1n) is 9.52. The van der Waals surface area contributed by atoms with E-state index in [1.54, 1.807) is 0 Å². The Labute approximate surface area is 162 Å². The smallest absolute Gasteiger partial charge is 0.113 e. The molecule has 3 aromatic rings. The predicted molar refractivity (Wildman–Crippen MR) is 115 cm³/mol. The van der Waals surface area contributed by atoms with Gasteiger partial charge in [0.1, 0.15) is 11.1 Å². The molecule has 0 saturated carbocycles. The van der Waals surface area contributed by atoms with Crippen LogP contribution < -0.4 is 0 Å². The van der Waals surface area contributed by atoms with Gasteiger partial charge in [-0.1, -0.05) is 73.4 Å². The highest BCUT2D eigenvalue weighted by molar-refractivity contribution is 6.76. The van der Waals surface area contributed by atoms with E-state index >= 15 is 0 Å². The lowest BCUT2D eigenvalue weighted by Crippen LogP contribution is -2.49. The van der Waals surface area contributed by atoms with Gasteiger partial charge in [-0.15, -0.1) is 11.7 Å². The van der Waals surface area contributed by atoms with Crippen molar-refractivity contribution in [2.45, 2.75) is 50.2 Å². The van der Waals surface area contributed by atoms with Crippen LogP contribution in [0.5, 0.6) is 0 Å². The molecular weight excluding hydrogens is 350 g/mol. The normalized spacial score (nSPS) is 15.4. The summed E-state index contributed by atoms with van der Waals surface area (Å²) in [6.07, 6.45) is 2.76. The van der Waals surface area contributed by atoms with Gasteiger partial charge in [0, 0.05) is 8.07 Å². The van der Waals surface area contributed by atoms with Gasteiger partial charge in [0.2, 0.25) is 0 Å². The number of aliphatic hydroxyl groups is 1. The van der Waals surface area contributed by atoms with Crippen molar-refractivity contribution >= 4 is 19.1 Å². The maximum absolute atomic E-state index is 11.4. The molecule has 0 amide bonds. The molecule has 0 bridgehead atoms. The third-order valence-corrected chi connectivity index (χ3v) is 6.67. The van der Waals surface area contributed by atoms with Gasteiger partial charge in [-0.3, -0.25) is 0 Å². The van der Waals surface area contributed by atoms with Crippen molar-refractivity contribution < 1.29 is 5.11 Å². The van der Waals surface area contributed by atoms with E-state index in [-0.39, 0.29) is 0 Å². The second-order valence-corrected chi connectivity index (χ2v) is 13.9. The van der Waals surface area contributed by atoms with Crippen LogP contribution in [0.4, 0.5) is 0 Å². The summed E-state index contributed by atoms with van der Waals surface area (Å²) in [5, 5.41) is 20.2. The Bertz CT molecular complexity index is 901. The second-order valence-electron chi connectivity index (χ2n) is 8.46. The van der Waals surface area contributed by atoms with Crippen LogP contribution in [-0.4, -0.2) is 34.3 Å². The highest BCUT2D eigenvalue weighted by Crippen LogP contribution is 2.36. The Hall–Kier alpha value is -2.24. The first kappa shape index (κ1) is 19.5. The first-order chi connectivity index (χ1) is 12.9. The highest BCUT2D eigenvalue weighted by atomic mass is 28.3. The Kier molecular flexibility index (Phi) is 5.63. The fraction of sp³-hybridized carbons (Fsp3) is 0.364. The number of para-hydroxylation sites is 1. The van der Waals surface area contributed by atoms with Crippen LogP contribution >= 0.6 is 0 Å². The van der Waals surface area contributed by atoms with E-state index in [9.17, 15) is 5.11 Å². The summed E-state index contributed by atoms with van der Waals surface area (Å²) in [5.41, 5.74) is 2.35. The van der Waals surface area contributed by atoms with Crippen LogP contribution in [0.3, 0.4) is 0 Å². The summed E-state index contributed by atoms with van der Waals surface area (Å²) in [5.74, 6) is 0. The number of fused-ring (bicyclic) bond motifs is 1. The monoisotopic (exact) mass is 379 g/mol. The minimum atomic E-state index is -1.55. The van der Waals surface area contributed by atoms with Crippen LogP contribution in [0, 0.1) is 0 Å². The van der Waals surface area contributed by atoms with Gasteiger partial charge in [0.25, 0.3) is 0 Å². The summed E-state index contributed by atoms with van der Waals surface area (Å²) >= 11 is 0. The third-order valence-electron chi connectivity index (χ3n) is 5.04. The summed E-state index contributed by atoms with van der Waals surface area (Å²) in [4.78, 5) is 0. The lowest BCUT2D eigenvalue weighted by molar-refractivity contribution is 0.0622. The molecule has 0 spiro atoms. The van der Waals surface area contributed by atoms with E-state index in [1.165, 1.54) is 5.56 Å². The molecule has 1 aromatic heterocycles. The Morgan fingerprint density at radius 3 is 2.44 bits per heavy atom. The number of hydrogen-bond acceptors (Lipinski definition) is 3. The number of aryl methyl sites for hydroxylation is 1. The van der Waals surface area contributed by atoms with Crippen molar-refractivity contribution in [1.29, 1.82) is 0 Å². The molecule has 1 heterocycles. The molecule has 142 valence electrons. The van der Waals surface area contributed by atoms with Gasteiger partial charge in [0.05, 0.1) is 11.6 Å². The zero-order valence-corrected chi connectivity index (χ0v) is 17.5. The summed E-state index contributed by atoms with van der Waals surface area (Å²) in [7, 11) is -1.55. The molecule has 0 fully saturated rings. The molecule has 4 nitrogen and oxygen atoms in total.